The van der Waals surface area contributed by atoms with Gasteiger partial charge in [0.1, 0.15) is 11.5 Å². The Kier molecular flexibility index (Phi) is 7.06. The van der Waals surface area contributed by atoms with Gasteiger partial charge in [-0.05, 0) is 49.7 Å². The van der Waals surface area contributed by atoms with Crippen LogP contribution in [0.15, 0.2) is 18.2 Å². The third-order valence-corrected chi connectivity index (χ3v) is 5.44. The lowest BCUT2D eigenvalue weighted by Crippen LogP contribution is -2.48. The molecule has 3 N–H and O–H groups in total. The average Bonchev–Trinajstić information content (AvgIpc) is 2.55. The van der Waals surface area contributed by atoms with Gasteiger partial charge in [-0.25, -0.2) is 0 Å². The van der Waals surface area contributed by atoms with E-state index in [4.69, 9.17) is 10.5 Å². The van der Waals surface area contributed by atoms with Gasteiger partial charge in [0.2, 0.25) is 5.91 Å². The molecule has 1 aromatic carbocycles. The predicted octanol–water partition coefficient (Wildman–Crippen LogP) is 3.81. The van der Waals surface area contributed by atoms with Gasteiger partial charge in [-0.3, -0.25) is 4.79 Å². The number of fused-ring (bicyclic) bond motifs is 2. The zero-order chi connectivity index (χ0) is 18.0. The molecule has 0 spiro atoms. The molecule has 2 fully saturated rings. The zero-order valence-corrected chi connectivity index (χ0v) is 15.4. The number of hydrogen-bond donors (Lipinski definition) is 2. The first-order valence-corrected chi connectivity index (χ1v) is 8.67. The van der Waals surface area contributed by atoms with Gasteiger partial charge >= 0.3 is 6.61 Å². The van der Waals surface area contributed by atoms with E-state index in [-0.39, 0.29) is 41.7 Å². The van der Waals surface area contributed by atoms with Gasteiger partial charge in [0.15, 0.2) is 0 Å². The van der Waals surface area contributed by atoms with E-state index in [2.05, 4.69) is 10.1 Å². The highest BCUT2D eigenvalue weighted by molar-refractivity contribution is 5.94. The summed E-state index contributed by atoms with van der Waals surface area (Å²) in [5.41, 5.74) is 6.46. The van der Waals surface area contributed by atoms with Crippen LogP contribution in [0.25, 0.3) is 0 Å². The highest BCUT2D eigenvalue weighted by Gasteiger charge is 2.40. The Labute approximate surface area is 158 Å². The Morgan fingerprint density at radius 2 is 1.92 bits per heavy atom. The molecule has 2 bridgehead atoms. The van der Waals surface area contributed by atoms with E-state index in [0.29, 0.717) is 17.6 Å². The second-order valence-electron chi connectivity index (χ2n) is 6.93. The van der Waals surface area contributed by atoms with Gasteiger partial charge in [-0.2, -0.15) is 8.78 Å². The first-order chi connectivity index (χ1) is 12.0. The minimum atomic E-state index is -2.96. The lowest BCUT2D eigenvalue weighted by Gasteiger charge is -2.43. The van der Waals surface area contributed by atoms with Crippen molar-refractivity contribution in [2.24, 2.45) is 23.5 Å². The highest BCUT2D eigenvalue weighted by Crippen LogP contribution is 2.42. The van der Waals surface area contributed by atoms with E-state index >= 15 is 0 Å². The number of alkyl halides is 2. The fourth-order valence-electron chi connectivity index (χ4n) is 4.17. The molecule has 3 rings (SSSR count). The standard InChI is InChI=1S/C18H24F2N2O3.ClH/c1-24-13-5-6-15(25-18(19)20)14(9-13)22-17(23)12-7-10-3-2-4-11(8-12)16(10)21;/h5-6,9-12,16,18H,2-4,7-8,21H2,1H3,(H,22,23);1H. The molecule has 5 nitrogen and oxygen atoms in total. The summed E-state index contributed by atoms with van der Waals surface area (Å²) in [6, 6.07) is 4.54. The number of anilines is 1. The van der Waals surface area contributed by atoms with Gasteiger partial charge in [0.05, 0.1) is 12.8 Å². The van der Waals surface area contributed by atoms with E-state index in [1.165, 1.54) is 31.7 Å². The molecule has 2 aliphatic carbocycles. The summed E-state index contributed by atoms with van der Waals surface area (Å²) in [7, 11) is 1.47. The number of benzene rings is 1. The smallest absolute Gasteiger partial charge is 0.387 e. The number of ether oxygens (including phenoxy) is 2. The monoisotopic (exact) mass is 390 g/mol. The maximum Gasteiger partial charge on any atom is 0.387 e. The summed E-state index contributed by atoms with van der Waals surface area (Å²) < 4.78 is 34.8. The molecule has 1 aromatic rings. The zero-order valence-electron chi connectivity index (χ0n) is 14.6. The summed E-state index contributed by atoms with van der Waals surface area (Å²) in [5, 5.41) is 2.75. The summed E-state index contributed by atoms with van der Waals surface area (Å²) in [4.78, 5) is 12.7. The molecule has 0 radical (unpaired) electrons. The minimum Gasteiger partial charge on any atom is -0.497 e. The van der Waals surface area contributed by atoms with Crippen molar-refractivity contribution in [3.05, 3.63) is 18.2 Å². The van der Waals surface area contributed by atoms with Crippen LogP contribution in [0.2, 0.25) is 0 Å². The molecule has 1 amide bonds. The lowest BCUT2D eigenvalue weighted by molar-refractivity contribution is -0.122. The van der Waals surface area contributed by atoms with Crippen LogP contribution in [0.1, 0.15) is 32.1 Å². The fourth-order valence-corrected chi connectivity index (χ4v) is 4.17. The molecular weight excluding hydrogens is 366 g/mol. The Bertz CT molecular complexity index is 618. The number of carbonyl (C=O) groups is 1. The molecule has 146 valence electrons. The SMILES string of the molecule is COc1ccc(OC(F)F)c(NC(=O)C2CC3CCCC(C2)C3N)c1.Cl. The normalized spacial score (nSPS) is 27.4. The fraction of sp³-hybridized carbons (Fsp3) is 0.611. The maximum atomic E-state index is 12.7. The number of nitrogens with one attached hydrogen (secondary N) is 1. The van der Waals surface area contributed by atoms with E-state index in [1.807, 2.05) is 0 Å². The third-order valence-electron chi connectivity index (χ3n) is 5.44. The van der Waals surface area contributed by atoms with Gasteiger partial charge in [-0.15, -0.1) is 12.4 Å². The molecule has 2 aliphatic rings. The predicted molar refractivity (Wildman–Crippen MR) is 97.0 cm³/mol. The van der Waals surface area contributed by atoms with Crippen LogP contribution >= 0.6 is 12.4 Å². The van der Waals surface area contributed by atoms with Crippen LogP contribution in [0, 0.1) is 17.8 Å². The van der Waals surface area contributed by atoms with Crippen molar-refractivity contribution < 1.29 is 23.0 Å². The van der Waals surface area contributed by atoms with Gasteiger partial charge in [-0.1, -0.05) is 6.42 Å². The van der Waals surface area contributed by atoms with Crippen LogP contribution in [0.3, 0.4) is 0 Å². The second-order valence-corrected chi connectivity index (χ2v) is 6.93. The number of methoxy groups -OCH3 is 1. The van der Waals surface area contributed by atoms with E-state index in [1.54, 1.807) is 0 Å². The molecule has 26 heavy (non-hydrogen) atoms. The molecule has 2 unspecified atom stereocenters. The highest BCUT2D eigenvalue weighted by atomic mass is 35.5. The Morgan fingerprint density at radius 3 is 2.50 bits per heavy atom. The van der Waals surface area contributed by atoms with Crippen molar-refractivity contribution in [3.8, 4) is 11.5 Å². The van der Waals surface area contributed by atoms with E-state index in [0.717, 1.165) is 25.7 Å². The van der Waals surface area contributed by atoms with Gasteiger partial charge in [0.25, 0.3) is 0 Å². The van der Waals surface area contributed by atoms with Crippen LogP contribution in [-0.2, 0) is 4.79 Å². The first-order valence-electron chi connectivity index (χ1n) is 8.67. The lowest BCUT2D eigenvalue weighted by atomic mass is 9.65. The minimum absolute atomic E-state index is 0. The molecule has 0 aliphatic heterocycles. The molecular formula is C18H25ClF2N2O3. The van der Waals surface area contributed by atoms with Gasteiger partial charge in [0, 0.05) is 18.0 Å². The Hall–Kier alpha value is -1.60. The molecule has 2 atom stereocenters. The number of hydrogen-bond acceptors (Lipinski definition) is 4. The summed E-state index contributed by atoms with van der Waals surface area (Å²) >= 11 is 0. The van der Waals surface area contributed by atoms with E-state index < -0.39 is 6.61 Å². The number of nitrogens with two attached hydrogens (primary N) is 1. The third kappa shape index (κ3) is 4.57. The molecule has 0 saturated heterocycles. The van der Waals surface area contributed by atoms with Crippen LogP contribution in [0.4, 0.5) is 14.5 Å². The molecule has 0 heterocycles. The van der Waals surface area contributed by atoms with Crippen molar-refractivity contribution in [1.82, 2.24) is 0 Å². The summed E-state index contributed by atoms with van der Waals surface area (Å²) in [6.45, 7) is -2.96. The van der Waals surface area contributed by atoms with Crippen molar-refractivity contribution >= 4 is 24.0 Å². The maximum absolute atomic E-state index is 12.7. The van der Waals surface area contributed by atoms with Crippen molar-refractivity contribution in [2.75, 3.05) is 12.4 Å². The van der Waals surface area contributed by atoms with Crippen molar-refractivity contribution in [2.45, 2.75) is 44.8 Å². The number of carbonyl (C=O) groups excluding carboxylic acids is 1. The molecule has 2 saturated carbocycles. The molecule has 8 heteroatoms. The van der Waals surface area contributed by atoms with E-state index in [9.17, 15) is 13.6 Å². The van der Waals surface area contributed by atoms with Crippen LogP contribution < -0.4 is 20.5 Å². The quantitative estimate of drug-likeness (QED) is 0.801. The van der Waals surface area contributed by atoms with Gasteiger partial charge < -0.3 is 20.5 Å². The summed E-state index contributed by atoms with van der Waals surface area (Å²) in [6.07, 6.45) is 4.78. The van der Waals surface area contributed by atoms with Crippen LogP contribution in [-0.4, -0.2) is 25.7 Å². The average molecular weight is 391 g/mol. The topological polar surface area (TPSA) is 73.6 Å². The number of rotatable bonds is 5. The number of halogens is 3. The van der Waals surface area contributed by atoms with Crippen molar-refractivity contribution in [1.29, 1.82) is 0 Å². The number of amides is 1. The largest absolute Gasteiger partial charge is 0.497 e. The Morgan fingerprint density at radius 1 is 1.27 bits per heavy atom. The summed E-state index contributed by atoms with van der Waals surface area (Å²) in [5.74, 6) is 0.795. The first kappa shape index (κ1) is 20.7. The van der Waals surface area contributed by atoms with Crippen molar-refractivity contribution in [3.63, 3.8) is 0 Å². The Balaban J connectivity index is 0.00000243. The molecule has 0 aromatic heterocycles. The second kappa shape index (κ2) is 8.86. The van der Waals surface area contributed by atoms with Crippen LogP contribution in [0.5, 0.6) is 11.5 Å².